The zero-order valence-electron chi connectivity index (χ0n) is 16.7. The number of nitrogens with zero attached hydrogens (tertiary/aromatic N) is 2. The fourth-order valence-electron chi connectivity index (χ4n) is 1.92. The molecule has 27 heavy (non-hydrogen) atoms. The van der Waals surface area contributed by atoms with Gasteiger partial charge in [-0.2, -0.15) is 11.8 Å². The second kappa shape index (κ2) is 14.7. The van der Waals surface area contributed by atoms with Crippen LogP contribution in [0.5, 0.6) is 11.5 Å². The number of carbonyl (C=O) groups excluding carboxylic acids is 1. The first-order valence-electron chi connectivity index (χ1n) is 8.48. The van der Waals surface area contributed by atoms with Gasteiger partial charge in [0.25, 0.3) is 0 Å². The van der Waals surface area contributed by atoms with Crippen LogP contribution in [-0.2, 0) is 4.79 Å². The van der Waals surface area contributed by atoms with Crippen molar-refractivity contribution >= 4 is 47.6 Å². The van der Waals surface area contributed by atoms with Crippen LogP contribution in [0.3, 0.4) is 0 Å². The minimum absolute atomic E-state index is 0. The van der Waals surface area contributed by atoms with Gasteiger partial charge in [0, 0.05) is 32.5 Å². The maximum Gasteiger partial charge on any atom is 0.243 e. The summed E-state index contributed by atoms with van der Waals surface area (Å²) >= 11 is 1.75. The summed E-state index contributed by atoms with van der Waals surface area (Å²) in [4.78, 5) is 17.6. The number of amides is 1. The van der Waals surface area contributed by atoms with Crippen molar-refractivity contribution in [1.29, 1.82) is 0 Å². The van der Waals surface area contributed by atoms with Crippen molar-refractivity contribution in [1.82, 2.24) is 15.5 Å². The maximum atomic E-state index is 11.7. The first kappa shape index (κ1) is 25.6. The number of hydrogen-bond donors (Lipinski definition) is 2. The predicted octanol–water partition coefficient (Wildman–Crippen LogP) is 2.07. The normalized spacial score (nSPS) is 11.8. The van der Waals surface area contributed by atoms with E-state index in [0.29, 0.717) is 12.5 Å². The topological polar surface area (TPSA) is 75.2 Å². The number of carbonyl (C=O) groups is 1. The second-order valence-corrected chi connectivity index (χ2v) is 6.85. The molecule has 0 aliphatic heterocycles. The van der Waals surface area contributed by atoms with Gasteiger partial charge in [0.05, 0.1) is 13.7 Å². The number of halogens is 1. The van der Waals surface area contributed by atoms with Gasteiger partial charge in [0.15, 0.2) is 5.96 Å². The molecule has 0 heterocycles. The Balaban J connectivity index is 0.00000676. The molecule has 0 spiro atoms. The Hall–Kier alpha value is -1.36. The van der Waals surface area contributed by atoms with E-state index in [1.807, 2.05) is 37.4 Å². The monoisotopic (exact) mass is 510 g/mol. The number of aliphatic imine (C=N–C) groups is 1. The van der Waals surface area contributed by atoms with Crippen LogP contribution in [0.15, 0.2) is 29.3 Å². The summed E-state index contributed by atoms with van der Waals surface area (Å²) in [6.07, 6.45) is 1.96. The third kappa shape index (κ3) is 11.2. The van der Waals surface area contributed by atoms with E-state index in [0.717, 1.165) is 23.8 Å². The van der Waals surface area contributed by atoms with Crippen LogP contribution in [0.25, 0.3) is 0 Å². The van der Waals surface area contributed by atoms with E-state index in [-0.39, 0.29) is 42.5 Å². The molecule has 0 aliphatic carbocycles. The number of likely N-dealkylation sites (N-methyl/N-ethyl adjacent to an activating group) is 1. The summed E-state index contributed by atoms with van der Waals surface area (Å²) in [7, 11) is 5.06. The average molecular weight is 510 g/mol. The van der Waals surface area contributed by atoms with Crippen LogP contribution in [-0.4, -0.2) is 75.7 Å². The van der Waals surface area contributed by atoms with Crippen molar-refractivity contribution in [2.24, 2.45) is 4.99 Å². The first-order valence-corrected chi connectivity index (χ1v) is 9.87. The standard InChI is InChI=1S/C18H30N4O3S.HI/c1-14(25-16-8-6-7-15(11-16)24-4)12-20-18(19-9-10-26-5)21-13-17(23)22(2)3;/h6-8,11,14H,9-10,12-13H2,1-5H3,(H2,19,20,21);1H. The lowest BCUT2D eigenvalue weighted by molar-refractivity contribution is -0.127. The summed E-state index contributed by atoms with van der Waals surface area (Å²) in [6.45, 7) is 3.40. The van der Waals surface area contributed by atoms with Crippen molar-refractivity contribution in [3.05, 3.63) is 24.3 Å². The lowest BCUT2D eigenvalue weighted by atomic mass is 10.3. The number of nitrogens with one attached hydrogen (secondary N) is 2. The van der Waals surface area contributed by atoms with Gasteiger partial charge in [0.1, 0.15) is 24.1 Å². The van der Waals surface area contributed by atoms with Crippen LogP contribution in [0.2, 0.25) is 0 Å². The molecule has 0 aliphatic rings. The Morgan fingerprint density at radius 3 is 2.63 bits per heavy atom. The Bertz CT molecular complexity index is 587. The molecule has 154 valence electrons. The van der Waals surface area contributed by atoms with Crippen molar-refractivity contribution < 1.29 is 14.3 Å². The highest BCUT2D eigenvalue weighted by atomic mass is 127. The Morgan fingerprint density at radius 1 is 1.30 bits per heavy atom. The minimum atomic E-state index is -0.0841. The maximum absolute atomic E-state index is 11.7. The molecule has 0 aromatic heterocycles. The van der Waals surface area contributed by atoms with E-state index in [4.69, 9.17) is 9.47 Å². The zero-order chi connectivity index (χ0) is 19.4. The Kier molecular flexibility index (Phi) is 13.9. The van der Waals surface area contributed by atoms with Crippen LogP contribution in [0, 0.1) is 0 Å². The van der Waals surface area contributed by atoms with Crippen molar-refractivity contribution in [2.45, 2.75) is 13.0 Å². The van der Waals surface area contributed by atoms with Gasteiger partial charge in [-0.1, -0.05) is 6.07 Å². The van der Waals surface area contributed by atoms with Crippen LogP contribution in [0.4, 0.5) is 0 Å². The summed E-state index contributed by atoms with van der Waals surface area (Å²) in [5, 5.41) is 6.45. The molecule has 9 heteroatoms. The highest BCUT2D eigenvalue weighted by Gasteiger charge is 2.08. The molecule has 0 fully saturated rings. The van der Waals surface area contributed by atoms with Crippen LogP contribution < -0.4 is 20.1 Å². The molecular formula is C18H31IN4O3S. The smallest absolute Gasteiger partial charge is 0.243 e. The number of hydrogen-bond acceptors (Lipinski definition) is 5. The van der Waals surface area contributed by atoms with E-state index < -0.39 is 0 Å². The van der Waals surface area contributed by atoms with E-state index in [1.54, 1.807) is 33.0 Å². The highest BCUT2D eigenvalue weighted by Crippen LogP contribution is 2.19. The van der Waals surface area contributed by atoms with Gasteiger partial charge in [0.2, 0.25) is 5.91 Å². The molecule has 0 radical (unpaired) electrons. The lowest BCUT2D eigenvalue weighted by Crippen LogP contribution is -2.43. The average Bonchev–Trinajstić information content (AvgIpc) is 2.63. The molecule has 1 aromatic rings. The van der Waals surface area contributed by atoms with Crippen molar-refractivity contribution in [3.63, 3.8) is 0 Å². The third-order valence-electron chi connectivity index (χ3n) is 3.41. The Morgan fingerprint density at radius 2 is 2.00 bits per heavy atom. The zero-order valence-corrected chi connectivity index (χ0v) is 19.8. The van der Waals surface area contributed by atoms with Crippen LogP contribution >= 0.6 is 35.7 Å². The molecule has 1 amide bonds. The fraction of sp³-hybridized carbons (Fsp3) is 0.556. The molecule has 1 aromatic carbocycles. The third-order valence-corrected chi connectivity index (χ3v) is 4.02. The molecule has 0 saturated carbocycles. The number of guanidine groups is 1. The lowest BCUT2D eigenvalue weighted by Gasteiger charge is -2.18. The van der Waals surface area contributed by atoms with Crippen molar-refractivity contribution in [3.8, 4) is 11.5 Å². The number of thioether (sulfide) groups is 1. The number of methoxy groups -OCH3 is 1. The van der Waals surface area contributed by atoms with Crippen molar-refractivity contribution in [2.75, 3.05) is 52.8 Å². The van der Waals surface area contributed by atoms with E-state index in [9.17, 15) is 4.79 Å². The predicted molar refractivity (Wildman–Crippen MR) is 124 cm³/mol. The largest absolute Gasteiger partial charge is 0.497 e. The van der Waals surface area contributed by atoms with Gasteiger partial charge in [-0.3, -0.25) is 4.79 Å². The number of rotatable bonds is 10. The fourth-order valence-corrected chi connectivity index (χ4v) is 2.23. The Labute approximate surface area is 183 Å². The van der Waals surface area contributed by atoms with Gasteiger partial charge in [-0.15, -0.1) is 24.0 Å². The van der Waals surface area contributed by atoms with E-state index >= 15 is 0 Å². The quantitative estimate of drug-likeness (QED) is 0.217. The van der Waals surface area contributed by atoms with E-state index in [1.165, 1.54) is 4.90 Å². The van der Waals surface area contributed by atoms with Gasteiger partial charge < -0.3 is 25.0 Å². The molecule has 1 rings (SSSR count). The first-order chi connectivity index (χ1) is 12.5. The summed E-state index contributed by atoms with van der Waals surface area (Å²) in [6, 6.07) is 7.49. The SMILES string of the molecule is COc1cccc(OC(C)CNC(=NCC(=O)N(C)C)NCCSC)c1.I. The number of ether oxygens (including phenoxy) is 2. The minimum Gasteiger partial charge on any atom is -0.497 e. The van der Waals surface area contributed by atoms with Gasteiger partial charge in [-0.25, -0.2) is 4.99 Å². The van der Waals surface area contributed by atoms with Crippen LogP contribution in [0.1, 0.15) is 6.92 Å². The summed E-state index contributed by atoms with van der Waals surface area (Å²) in [5.74, 6) is 3.02. The molecule has 0 bridgehead atoms. The molecule has 1 unspecified atom stereocenters. The summed E-state index contributed by atoms with van der Waals surface area (Å²) < 4.78 is 11.1. The molecule has 1 atom stereocenters. The number of benzene rings is 1. The molecule has 7 nitrogen and oxygen atoms in total. The second-order valence-electron chi connectivity index (χ2n) is 5.86. The summed E-state index contributed by atoms with van der Waals surface area (Å²) in [5.41, 5.74) is 0. The van der Waals surface area contributed by atoms with Gasteiger partial charge >= 0.3 is 0 Å². The van der Waals surface area contributed by atoms with Gasteiger partial charge in [-0.05, 0) is 25.3 Å². The van der Waals surface area contributed by atoms with E-state index in [2.05, 4.69) is 15.6 Å². The highest BCUT2D eigenvalue weighted by molar-refractivity contribution is 14.0. The molecular weight excluding hydrogens is 479 g/mol. The molecule has 0 saturated heterocycles. The molecule has 2 N–H and O–H groups in total.